The Morgan fingerprint density at radius 1 is 1.64 bits per heavy atom. The van der Waals surface area contributed by atoms with E-state index in [0.717, 1.165) is 0 Å². The van der Waals surface area contributed by atoms with Crippen molar-refractivity contribution in [2.24, 2.45) is 0 Å². The molecule has 0 radical (unpaired) electrons. The van der Waals surface area contributed by atoms with Crippen LogP contribution in [0.1, 0.15) is 25.5 Å². The highest BCUT2D eigenvalue weighted by atomic mass is 35.5. The third-order valence-corrected chi connectivity index (χ3v) is 2.17. The molecule has 0 bridgehead atoms. The lowest BCUT2D eigenvalue weighted by atomic mass is 10.3. The maximum Gasteiger partial charge on any atom is 0.0951 e. The fourth-order valence-corrected chi connectivity index (χ4v) is 1.42. The topological polar surface area (TPSA) is 17.8 Å². The molecule has 0 aromatic carbocycles. The summed E-state index contributed by atoms with van der Waals surface area (Å²) in [5.74, 6) is 0.521. The number of aromatic nitrogens is 2. The van der Waals surface area contributed by atoms with Gasteiger partial charge in [0.25, 0.3) is 0 Å². The van der Waals surface area contributed by atoms with Gasteiger partial charge in [0.2, 0.25) is 0 Å². The molecule has 1 aromatic rings. The first-order valence-corrected chi connectivity index (χ1v) is 4.24. The van der Waals surface area contributed by atoms with Crippen LogP contribution in [0.15, 0.2) is 18.7 Å². The summed E-state index contributed by atoms with van der Waals surface area (Å²) in [5, 5.41) is 0. The van der Waals surface area contributed by atoms with Gasteiger partial charge in [-0.15, -0.1) is 21.6 Å². The maximum atomic E-state index is 3.98. The molecule has 1 aromatic heterocycles. The molecule has 0 amide bonds. The lowest BCUT2D eigenvalue weighted by molar-refractivity contribution is 0.613. The number of rotatable bonds is 3. The first kappa shape index (κ1) is 10.9. The van der Waals surface area contributed by atoms with E-state index < -0.39 is 0 Å². The molecular formula is C7H14ClN2P. The van der Waals surface area contributed by atoms with Crippen molar-refractivity contribution in [2.75, 3.05) is 0 Å². The van der Waals surface area contributed by atoms with Gasteiger partial charge in [-0.2, -0.15) is 0 Å². The monoisotopic (exact) mass is 192 g/mol. The summed E-state index contributed by atoms with van der Waals surface area (Å²) in [7, 11) is 2.81. The largest absolute Gasteiger partial charge is 0.331 e. The minimum Gasteiger partial charge on any atom is -0.331 e. The van der Waals surface area contributed by atoms with Gasteiger partial charge in [-0.3, -0.25) is 0 Å². The predicted octanol–water partition coefficient (Wildman–Crippen LogP) is 2.48. The van der Waals surface area contributed by atoms with Crippen molar-refractivity contribution in [3.63, 3.8) is 0 Å². The molecule has 1 heterocycles. The molecule has 0 aliphatic heterocycles. The summed E-state index contributed by atoms with van der Waals surface area (Å²) in [6, 6.07) is 0. The van der Waals surface area contributed by atoms with Gasteiger partial charge in [0, 0.05) is 18.2 Å². The minimum absolute atomic E-state index is 0. The standard InChI is InChI=1S/C7H13N2P.ClH/c1-2-3-7(10)9-5-4-8-6-9;/h4-7H,2-3,10H2,1H3;1H. The Bertz CT molecular complexity index is 177. The van der Waals surface area contributed by atoms with Crippen molar-refractivity contribution in [3.8, 4) is 0 Å². The summed E-state index contributed by atoms with van der Waals surface area (Å²) < 4.78 is 2.11. The van der Waals surface area contributed by atoms with Crippen LogP contribution in [0.5, 0.6) is 0 Å². The third-order valence-electron chi connectivity index (χ3n) is 1.49. The van der Waals surface area contributed by atoms with Crippen molar-refractivity contribution in [2.45, 2.75) is 25.5 Å². The summed E-state index contributed by atoms with van der Waals surface area (Å²) in [6.07, 6.45) is 8.07. The maximum absolute atomic E-state index is 3.98. The van der Waals surface area contributed by atoms with Crippen LogP contribution in [0.3, 0.4) is 0 Å². The second-order valence-corrected chi connectivity index (χ2v) is 3.14. The van der Waals surface area contributed by atoms with Gasteiger partial charge in [-0.1, -0.05) is 13.3 Å². The Balaban J connectivity index is 0.000001000. The van der Waals surface area contributed by atoms with Crippen molar-refractivity contribution < 1.29 is 0 Å². The van der Waals surface area contributed by atoms with Gasteiger partial charge in [0.15, 0.2) is 0 Å². The van der Waals surface area contributed by atoms with Crippen LogP contribution in [-0.4, -0.2) is 9.55 Å². The zero-order valence-electron chi connectivity index (χ0n) is 6.60. The third kappa shape index (κ3) is 3.22. The SMILES string of the molecule is CCCC(P)n1ccnc1.Cl. The quantitative estimate of drug-likeness (QED) is 0.673. The van der Waals surface area contributed by atoms with E-state index in [1.54, 1.807) is 0 Å². The van der Waals surface area contributed by atoms with E-state index in [1.807, 2.05) is 18.7 Å². The normalized spacial score (nSPS) is 12.2. The van der Waals surface area contributed by atoms with Crippen molar-refractivity contribution in [1.82, 2.24) is 9.55 Å². The summed E-state index contributed by atoms with van der Waals surface area (Å²) in [4.78, 5) is 3.98. The molecule has 0 N–H and O–H groups in total. The zero-order valence-corrected chi connectivity index (χ0v) is 8.57. The van der Waals surface area contributed by atoms with E-state index in [-0.39, 0.29) is 12.4 Å². The Labute approximate surface area is 76.0 Å². The molecule has 4 heteroatoms. The first-order valence-electron chi connectivity index (χ1n) is 3.57. The lowest BCUT2D eigenvalue weighted by Gasteiger charge is -2.09. The summed E-state index contributed by atoms with van der Waals surface area (Å²) in [5.41, 5.74) is 0. The highest BCUT2D eigenvalue weighted by molar-refractivity contribution is 7.16. The second kappa shape index (κ2) is 5.56. The van der Waals surface area contributed by atoms with E-state index in [2.05, 4.69) is 25.7 Å². The van der Waals surface area contributed by atoms with Crippen molar-refractivity contribution in [3.05, 3.63) is 18.7 Å². The van der Waals surface area contributed by atoms with Crippen LogP contribution in [0, 0.1) is 0 Å². The highest BCUT2D eigenvalue weighted by Crippen LogP contribution is 2.19. The fraction of sp³-hybridized carbons (Fsp3) is 0.571. The molecule has 1 rings (SSSR count). The fourth-order valence-electron chi connectivity index (χ4n) is 0.910. The van der Waals surface area contributed by atoms with Gasteiger partial charge >= 0.3 is 0 Å². The molecular weight excluding hydrogens is 179 g/mol. The van der Waals surface area contributed by atoms with Gasteiger partial charge < -0.3 is 4.57 Å². The molecule has 2 nitrogen and oxygen atoms in total. The average Bonchev–Trinajstić information content (AvgIpc) is 2.38. The number of imidazole rings is 1. The number of halogens is 1. The Kier molecular flexibility index (Phi) is 5.53. The molecule has 0 fully saturated rings. The smallest absolute Gasteiger partial charge is 0.0951 e. The van der Waals surface area contributed by atoms with Crippen molar-refractivity contribution >= 4 is 21.6 Å². The van der Waals surface area contributed by atoms with Crippen LogP contribution >= 0.6 is 21.6 Å². The molecule has 2 atom stereocenters. The van der Waals surface area contributed by atoms with Crippen molar-refractivity contribution in [1.29, 1.82) is 0 Å². The Morgan fingerprint density at radius 2 is 2.36 bits per heavy atom. The summed E-state index contributed by atoms with van der Waals surface area (Å²) in [6.45, 7) is 2.19. The van der Waals surface area contributed by atoms with E-state index in [4.69, 9.17) is 0 Å². The molecule has 2 unspecified atom stereocenters. The van der Waals surface area contributed by atoms with E-state index >= 15 is 0 Å². The van der Waals surface area contributed by atoms with Gasteiger partial charge in [-0.05, 0) is 6.42 Å². The van der Waals surface area contributed by atoms with Crippen LogP contribution in [0.25, 0.3) is 0 Å². The second-order valence-electron chi connectivity index (χ2n) is 2.37. The summed E-state index contributed by atoms with van der Waals surface area (Å²) >= 11 is 0. The molecule has 0 saturated carbocycles. The molecule has 11 heavy (non-hydrogen) atoms. The van der Waals surface area contributed by atoms with Crippen LogP contribution in [-0.2, 0) is 0 Å². The van der Waals surface area contributed by atoms with E-state index in [1.165, 1.54) is 12.8 Å². The number of hydrogen-bond acceptors (Lipinski definition) is 1. The number of hydrogen-bond donors (Lipinski definition) is 0. The highest BCUT2D eigenvalue weighted by Gasteiger charge is 1.99. The molecule has 0 spiro atoms. The molecule has 64 valence electrons. The van der Waals surface area contributed by atoms with Gasteiger partial charge in [-0.25, -0.2) is 4.98 Å². The van der Waals surface area contributed by atoms with Crippen LogP contribution in [0.2, 0.25) is 0 Å². The Hall–Kier alpha value is -0.0700. The molecule has 0 aliphatic rings. The minimum atomic E-state index is 0. The lowest BCUT2D eigenvalue weighted by Crippen LogP contribution is -1.97. The average molecular weight is 193 g/mol. The van der Waals surface area contributed by atoms with Gasteiger partial charge in [0.05, 0.1) is 6.33 Å². The number of nitrogens with zero attached hydrogens (tertiary/aromatic N) is 2. The Morgan fingerprint density at radius 3 is 2.82 bits per heavy atom. The van der Waals surface area contributed by atoms with E-state index in [9.17, 15) is 0 Å². The molecule has 0 saturated heterocycles. The zero-order chi connectivity index (χ0) is 7.40. The molecule has 0 aliphatic carbocycles. The van der Waals surface area contributed by atoms with Gasteiger partial charge in [0.1, 0.15) is 0 Å². The van der Waals surface area contributed by atoms with E-state index in [0.29, 0.717) is 5.78 Å². The van der Waals surface area contributed by atoms with Crippen LogP contribution in [0.4, 0.5) is 0 Å². The van der Waals surface area contributed by atoms with Crippen LogP contribution < -0.4 is 0 Å². The first-order chi connectivity index (χ1) is 4.84. The predicted molar refractivity (Wildman–Crippen MR) is 53.1 cm³/mol.